The normalized spacial score (nSPS) is 20.5. The number of benzene rings is 1. The van der Waals surface area contributed by atoms with Crippen LogP contribution in [0.25, 0.3) is 0 Å². The van der Waals surface area contributed by atoms with Crippen LogP contribution < -0.4 is 0 Å². The highest BCUT2D eigenvalue weighted by molar-refractivity contribution is 7.91. The van der Waals surface area contributed by atoms with Crippen molar-refractivity contribution in [3.05, 3.63) is 35.9 Å². The van der Waals surface area contributed by atoms with E-state index in [2.05, 4.69) is 49.2 Å². The van der Waals surface area contributed by atoms with E-state index in [1.165, 1.54) is 18.4 Å². The topological polar surface area (TPSA) is 37.4 Å². The molecule has 3 nitrogen and oxygen atoms in total. The molecule has 0 bridgehead atoms. The van der Waals surface area contributed by atoms with Crippen molar-refractivity contribution in [2.75, 3.05) is 25.1 Å². The Hall–Kier alpha value is -0.870. The maximum Gasteiger partial charge on any atom is 0.150 e. The maximum atomic E-state index is 11.5. The average Bonchev–Trinajstić information content (AvgIpc) is 2.47. The van der Waals surface area contributed by atoms with E-state index in [4.69, 9.17) is 0 Å². The Morgan fingerprint density at radius 3 is 2.38 bits per heavy atom. The third kappa shape index (κ3) is 4.82. The Balaban J connectivity index is 1.97. The van der Waals surface area contributed by atoms with Crippen LogP contribution in [0, 0.1) is 0 Å². The van der Waals surface area contributed by atoms with Gasteiger partial charge in [0.05, 0.1) is 11.5 Å². The van der Waals surface area contributed by atoms with Crippen LogP contribution in [-0.2, 0) is 9.84 Å². The van der Waals surface area contributed by atoms with Crippen molar-refractivity contribution in [3.8, 4) is 0 Å². The summed E-state index contributed by atoms with van der Waals surface area (Å²) < 4.78 is 23.1. The van der Waals surface area contributed by atoms with E-state index in [1.54, 1.807) is 0 Å². The molecule has 2 rings (SSSR count). The zero-order valence-electron chi connectivity index (χ0n) is 13.2. The second-order valence-electron chi connectivity index (χ2n) is 6.22. The van der Waals surface area contributed by atoms with E-state index in [0.29, 0.717) is 23.5 Å². The van der Waals surface area contributed by atoms with Gasteiger partial charge in [-0.2, -0.15) is 0 Å². The first kappa shape index (κ1) is 16.5. The lowest BCUT2D eigenvalue weighted by Gasteiger charge is -2.33. The lowest BCUT2D eigenvalue weighted by Crippen LogP contribution is -2.40. The van der Waals surface area contributed by atoms with Crippen LogP contribution in [-0.4, -0.2) is 44.5 Å². The SMILES string of the molecule is CCC[C@@H](CN(C)C1CCS(=O)(=O)CC1)c1ccccc1. The summed E-state index contributed by atoms with van der Waals surface area (Å²) in [5, 5.41) is 0. The molecule has 1 aliphatic rings. The van der Waals surface area contributed by atoms with Gasteiger partial charge in [-0.25, -0.2) is 8.42 Å². The Morgan fingerprint density at radius 1 is 1.19 bits per heavy atom. The molecule has 0 spiro atoms. The number of hydrogen-bond acceptors (Lipinski definition) is 3. The van der Waals surface area contributed by atoms with Crippen molar-refractivity contribution in [3.63, 3.8) is 0 Å². The van der Waals surface area contributed by atoms with Crippen molar-refractivity contribution in [1.82, 2.24) is 4.90 Å². The van der Waals surface area contributed by atoms with Crippen LogP contribution in [0.2, 0.25) is 0 Å². The van der Waals surface area contributed by atoms with Gasteiger partial charge >= 0.3 is 0 Å². The fourth-order valence-electron chi connectivity index (χ4n) is 3.25. The molecule has 1 aromatic carbocycles. The molecule has 118 valence electrons. The number of hydrogen-bond donors (Lipinski definition) is 0. The minimum absolute atomic E-state index is 0.353. The quantitative estimate of drug-likeness (QED) is 0.810. The van der Waals surface area contributed by atoms with Gasteiger partial charge in [-0.05, 0) is 37.8 Å². The van der Waals surface area contributed by atoms with E-state index in [9.17, 15) is 8.42 Å². The smallest absolute Gasteiger partial charge is 0.150 e. The summed E-state index contributed by atoms with van der Waals surface area (Å²) in [6, 6.07) is 11.1. The van der Waals surface area contributed by atoms with Gasteiger partial charge in [-0.1, -0.05) is 43.7 Å². The molecular formula is C17H27NO2S. The zero-order chi connectivity index (χ0) is 15.3. The van der Waals surface area contributed by atoms with Gasteiger partial charge in [-0.3, -0.25) is 0 Å². The molecule has 1 atom stereocenters. The van der Waals surface area contributed by atoms with E-state index in [-0.39, 0.29) is 0 Å². The fraction of sp³-hybridized carbons (Fsp3) is 0.647. The van der Waals surface area contributed by atoms with Crippen molar-refractivity contribution in [2.24, 2.45) is 0 Å². The lowest BCUT2D eigenvalue weighted by atomic mass is 9.93. The molecular weight excluding hydrogens is 282 g/mol. The Labute approximate surface area is 129 Å². The minimum Gasteiger partial charge on any atom is -0.303 e. The molecule has 4 heteroatoms. The highest BCUT2D eigenvalue weighted by atomic mass is 32.2. The van der Waals surface area contributed by atoms with Crippen LogP contribution >= 0.6 is 0 Å². The van der Waals surface area contributed by atoms with Crippen LogP contribution in [0.15, 0.2) is 30.3 Å². The van der Waals surface area contributed by atoms with E-state index in [0.717, 1.165) is 19.4 Å². The molecule has 0 saturated carbocycles. The molecule has 0 amide bonds. The Kier molecular flexibility index (Phi) is 5.82. The molecule has 1 aliphatic heterocycles. The molecule has 0 radical (unpaired) electrons. The third-order valence-electron chi connectivity index (χ3n) is 4.56. The molecule has 0 N–H and O–H groups in total. The first-order valence-corrected chi connectivity index (χ1v) is 9.79. The van der Waals surface area contributed by atoms with Crippen LogP contribution in [0.1, 0.15) is 44.1 Å². The Morgan fingerprint density at radius 2 is 1.81 bits per heavy atom. The van der Waals surface area contributed by atoms with Gasteiger partial charge in [0.25, 0.3) is 0 Å². The summed E-state index contributed by atoms with van der Waals surface area (Å²) in [5.74, 6) is 1.25. The molecule has 1 saturated heterocycles. The number of likely N-dealkylation sites (N-methyl/N-ethyl adjacent to an activating group) is 1. The number of sulfone groups is 1. The molecule has 1 heterocycles. The zero-order valence-corrected chi connectivity index (χ0v) is 14.0. The molecule has 0 unspecified atom stereocenters. The summed E-state index contributed by atoms with van der Waals surface area (Å²) >= 11 is 0. The summed E-state index contributed by atoms with van der Waals surface area (Å²) in [7, 11) is -0.620. The van der Waals surface area contributed by atoms with Crippen LogP contribution in [0.3, 0.4) is 0 Å². The van der Waals surface area contributed by atoms with Crippen molar-refractivity contribution in [2.45, 2.75) is 44.6 Å². The average molecular weight is 309 g/mol. The summed E-state index contributed by atoms with van der Waals surface area (Å²) in [4.78, 5) is 2.38. The Bertz CT molecular complexity index is 513. The summed E-state index contributed by atoms with van der Waals surface area (Å²) in [6.45, 7) is 3.24. The summed E-state index contributed by atoms with van der Waals surface area (Å²) in [5.41, 5.74) is 1.40. The standard InChI is InChI=1S/C17H27NO2S/c1-3-7-16(15-8-5-4-6-9-15)14-18(2)17-10-12-21(19,20)13-11-17/h4-6,8-9,16-17H,3,7,10-14H2,1-2H3/t16-/m0/s1. The van der Waals surface area contributed by atoms with Crippen molar-refractivity contribution in [1.29, 1.82) is 0 Å². The number of rotatable bonds is 6. The highest BCUT2D eigenvalue weighted by Gasteiger charge is 2.27. The number of nitrogens with zero attached hydrogens (tertiary/aromatic N) is 1. The second-order valence-corrected chi connectivity index (χ2v) is 8.52. The molecule has 0 aliphatic carbocycles. The first-order chi connectivity index (χ1) is 10.0. The maximum absolute atomic E-state index is 11.5. The molecule has 21 heavy (non-hydrogen) atoms. The molecule has 0 aromatic heterocycles. The van der Waals surface area contributed by atoms with Crippen LogP contribution in [0.5, 0.6) is 0 Å². The van der Waals surface area contributed by atoms with Crippen molar-refractivity contribution < 1.29 is 8.42 Å². The largest absolute Gasteiger partial charge is 0.303 e. The summed E-state index contributed by atoms with van der Waals surface area (Å²) in [6.07, 6.45) is 3.92. The van der Waals surface area contributed by atoms with Gasteiger partial charge in [0, 0.05) is 12.6 Å². The predicted molar refractivity (Wildman–Crippen MR) is 88.4 cm³/mol. The molecule has 1 aromatic rings. The van der Waals surface area contributed by atoms with Gasteiger partial charge in [0.15, 0.2) is 0 Å². The van der Waals surface area contributed by atoms with Gasteiger partial charge < -0.3 is 4.90 Å². The molecule has 1 fully saturated rings. The monoisotopic (exact) mass is 309 g/mol. The van der Waals surface area contributed by atoms with E-state index in [1.807, 2.05) is 0 Å². The predicted octanol–water partition coefficient (Wildman–Crippen LogP) is 3.08. The fourth-order valence-corrected chi connectivity index (χ4v) is 4.72. The van der Waals surface area contributed by atoms with E-state index >= 15 is 0 Å². The highest BCUT2D eigenvalue weighted by Crippen LogP contribution is 2.25. The van der Waals surface area contributed by atoms with Crippen LogP contribution in [0.4, 0.5) is 0 Å². The van der Waals surface area contributed by atoms with Gasteiger partial charge in [0.2, 0.25) is 0 Å². The third-order valence-corrected chi connectivity index (χ3v) is 6.28. The van der Waals surface area contributed by atoms with Gasteiger partial charge in [0.1, 0.15) is 9.84 Å². The second kappa shape index (κ2) is 7.41. The van der Waals surface area contributed by atoms with E-state index < -0.39 is 9.84 Å². The lowest BCUT2D eigenvalue weighted by molar-refractivity contribution is 0.210. The van der Waals surface area contributed by atoms with Gasteiger partial charge in [-0.15, -0.1) is 0 Å². The first-order valence-electron chi connectivity index (χ1n) is 7.97. The van der Waals surface area contributed by atoms with Crippen molar-refractivity contribution >= 4 is 9.84 Å². The minimum atomic E-state index is -2.77.